The number of nitrogens with two attached hydrogens (primary N) is 1. The summed E-state index contributed by atoms with van der Waals surface area (Å²) in [6.45, 7) is 4.65. The first kappa shape index (κ1) is 21.3. The Bertz CT molecular complexity index is 664. The van der Waals surface area contributed by atoms with Crippen LogP contribution in [0.3, 0.4) is 0 Å². The molecular formula is C18H26Cl2N4O. The first-order valence-electron chi connectivity index (χ1n) is 8.30. The number of aromatic nitrogens is 2. The van der Waals surface area contributed by atoms with Gasteiger partial charge >= 0.3 is 0 Å². The lowest BCUT2D eigenvalue weighted by Crippen LogP contribution is -2.38. The van der Waals surface area contributed by atoms with Crippen molar-refractivity contribution in [2.45, 2.75) is 38.6 Å². The van der Waals surface area contributed by atoms with Gasteiger partial charge < -0.3 is 10.6 Å². The maximum absolute atomic E-state index is 12.4. The molecular weight excluding hydrogens is 359 g/mol. The minimum Gasteiger partial charge on any atom is -0.399 e. The molecule has 3 rings (SSSR count). The van der Waals surface area contributed by atoms with Gasteiger partial charge in [-0.3, -0.25) is 9.48 Å². The summed E-state index contributed by atoms with van der Waals surface area (Å²) >= 11 is 0. The fourth-order valence-corrected chi connectivity index (χ4v) is 3.15. The maximum Gasteiger partial charge on any atom is 0.226 e. The van der Waals surface area contributed by atoms with Gasteiger partial charge in [0.05, 0.1) is 12.6 Å². The van der Waals surface area contributed by atoms with Crippen LogP contribution in [-0.4, -0.2) is 33.7 Å². The summed E-state index contributed by atoms with van der Waals surface area (Å²) < 4.78 is 1.97. The number of likely N-dealkylation sites (tertiary alicyclic amines) is 1. The number of piperidine rings is 1. The number of amides is 1. The molecule has 2 N–H and O–H groups in total. The van der Waals surface area contributed by atoms with E-state index in [9.17, 15) is 4.79 Å². The molecule has 1 aliphatic rings. The highest BCUT2D eigenvalue weighted by Crippen LogP contribution is 2.28. The summed E-state index contributed by atoms with van der Waals surface area (Å²) in [5.74, 6) is 0.730. The van der Waals surface area contributed by atoms with Gasteiger partial charge in [0, 0.05) is 31.5 Å². The summed E-state index contributed by atoms with van der Waals surface area (Å²) in [4.78, 5) is 14.4. The van der Waals surface area contributed by atoms with Gasteiger partial charge in [-0.2, -0.15) is 5.10 Å². The molecule has 0 aliphatic carbocycles. The quantitative estimate of drug-likeness (QED) is 0.822. The third-order valence-corrected chi connectivity index (χ3v) is 4.63. The number of anilines is 1. The van der Waals surface area contributed by atoms with Crippen molar-refractivity contribution >= 4 is 36.4 Å². The van der Waals surface area contributed by atoms with E-state index in [-0.39, 0.29) is 30.7 Å². The average molecular weight is 385 g/mol. The highest BCUT2D eigenvalue weighted by Gasteiger charge is 2.24. The van der Waals surface area contributed by atoms with Crippen molar-refractivity contribution in [2.75, 3.05) is 18.8 Å². The van der Waals surface area contributed by atoms with Crippen LogP contribution in [0.2, 0.25) is 0 Å². The van der Waals surface area contributed by atoms with Crippen molar-refractivity contribution in [3.05, 3.63) is 47.8 Å². The van der Waals surface area contributed by atoms with Gasteiger partial charge in [-0.25, -0.2) is 0 Å². The van der Waals surface area contributed by atoms with Crippen LogP contribution in [0, 0.1) is 0 Å². The van der Waals surface area contributed by atoms with E-state index < -0.39 is 0 Å². The van der Waals surface area contributed by atoms with Crippen molar-refractivity contribution < 1.29 is 4.79 Å². The Morgan fingerprint density at radius 3 is 2.40 bits per heavy atom. The lowest BCUT2D eigenvalue weighted by molar-refractivity contribution is -0.131. The van der Waals surface area contributed by atoms with E-state index >= 15 is 0 Å². The Balaban J connectivity index is 0.00000156. The van der Waals surface area contributed by atoms with E-state index in [1.54, 1.807) is 0 Å². The molecule has 2 aromatic rings. The Kier molecular flexibility index (Phi) is 8.26. The summed E-state index contributed by atoms with van der Waals surface area (Å²) in [6, 6.07) is 7.55. The number of hydrogen-bond donors (Lipinski definition) is 1. The minimum atomic E-state index is 0. The first-order chi connectivity index (χ1) is 11.2. The topological polar surface area (TPSA) is 64.2 Å². The van der Waals surface area contributed by atoms with E-state index in [1.807, 2.05) is 40.0 Å². The Labute approximate surface area is 161 Å². The predicted molar refractivity (Wildman–Crippen MR) is 106 cm³/mol. The van der Waals surface area contributed by atoms with Gasteiger partial charge in [0.2, 0.25) is 5.91 Å². The summed E-state index contributed by atoms with van der Waals surface area (Å²) in [5.41, 5.74) is 8.74. The molecule has 138 valence electrons. The van der Waals surface area contributed by atoms with Crippen LogP contribution < -0.4 is 5.73 Å². The zero-order valence-electron chi connectivity index (χ0n) is 14.4. The molecule has 7 heteroatoms. The monoisotopic (exact) mass is 384 g/mol. The van der Waals surface area contributed by atoms with Gasteiger partial charge in [0.1, 0.15) is 0 Å². The van der Waals surface area contributed by atoms with Gasteiger partial charge in [-0.15, -0.1) is 24.8 Å². The van der Waals surface area contributed by atoms with E-state index in [2.05, 4.69) is 18.2 Å². The summed E-state index contributed by atoms with van der Waals surface area (Å²) in [5, 5.41) is 4.35. The number of carbonyl (C=O) groups excluding carboxylic acids is 1. The van der Waals surface area contributed by atoms with E-state index in [0.717, 1.165) is 43.7 Å². The molecule has 1 aliphatic heterocycles. The molecule has 0 saturated carbocycles. The molecule has 0 atom stereocenters. The number of nitrogens with zero attached hydrogens (tertiary/aromatic N) is 3. The first-order valence-corrected chi connectivity index (χ1v) is 8.30. The van der Waals surface area contributed by atoms with Crippen molar-refractivity contribution in [2.24, 2.45) is 0 Å². The van der Waals surface area contributed by atoms with Crippen molar-refractivity contribution in [3.8, 4) is 0 Å². The standard InChI is InChI=1S/C18H24N4O.2ClH/c1-2-22-13-16(12-20-22)15-7-9-21(10-8-15)18(23)11-14-3-5-17(19)6-4-14;;/h3-6,12-13,15H,2,7-11,19H2,1H3;2*1H. The van der Waals surface area contributed by atoms with Crippen molar-refractivity contribution in [1.82, 2.24) is 14.7 Å². The predicted octanol–water partition coefficient (Wildman–Crippen LogP) is 3.28. The van der Waals surface area contributed by atoms with Crippen molar-refractivity contribution in [1.29, 1.82) is 0 Å². The molecule has 1 aromatic heterocycles. The normalized spacial score (nSPS) is 14.5. The van der Waals surface area contributed by atoms with Crippen LogP contribution in [0.5, 0.6) is 0 Å². The number of rotatable bonds is 4. The SMILES string of the molecule is CCn1cc(C2CCN(C(=O)Cc3ccc(N)cc3)CC2)cn1.Cl.Cl. The number of hydrogen-bond acceptors (Lipinski definition) is 3. The van der Waals surface area contributed by atoms with Crippen LogP contribution >= 0.6 is 24.8 Å². The Hall–Kier alpha value is -1.72. The average Bonchev–Trinajstić information content (AvgIpc) is 3.06. The minimum absolute atomic E-state index is 0. The van der Waals surface area contributed by atoms with Crippen molar-refractivity contribution in [3.63, 3.8) is 0 Å². The maximum atomic E-state index is 12.4. The Morgan fingerprint density at radius 1 is 1.20 bits per heavy atom. The molecule has 0 unspecified atom stereocenters. The number of halogens is 2. The van der Waals surface area contributed by atoms with Crippen LogP contribution in [0.1, 0.15) is 36.8 Å². The van der Waals surface area contributed by atoms with E-state index in [0.29, 0.717) is 12.3 Å². The second-order valence-corrected chi connectivity index (χ2v) is 6.20. The highest BCUT2D eigenvalue weighted by molar-refractivity contribution is 5.85. The molecule has 1 fully saturated rings. The third-order valence-electron chi connectivity index (χ3n) is 4.63. The van der Waals surface area contributed by atoms with E-state index in [1.165, 1.54) is 5.56 Å². The number of nitrogen functional groups attached to an aromatic ring is 1. The zero-order valence-corrected chi connectivity index (χ0v) is 16.1. The Morgan fingerprint density at radius 2 is 1.84 bits per heavy atom. The lowest BCUT2D eigenvalue weighted by atomic mass is 9.91. The molecule has 1 aromatic carbocycles. The highest BCUT2D eigenvalue weighted by atomic mass is 35.5. The lowest BCUT2D eigenvalue weighted by Gasteiger charge is -2.31. The van der Waals surface area contributed by atoms with Gasteiger partial charge in [-0.05, 0) is 48.9 Å². The molecule has 5 nitrogen and oxygen atoms in total. The molecule has 1 amide bonds. The number of benzene rings is 1. The summed E-state index contributed by atoms with van der Waals surface area (Å²) in [6.07, 6.45) is 6.60. The third kappa shape index (κ3) is 5.38. The molecule has 1 saturated heterocycles. The number of carbonyl (C=O) groups is 1. The van der Waals surface area contributed by atoms with Crippen LogP contribution in [0.15, 0.2) is 36.7 Å². The second-order valence-electron chi connectivity index (χ2n) is 6.20. The largest absolute Gasteiger partial charge is 0.399 e. The molecule has 0 radical (unpaired) electrons. The van der Waals surface area contributed by atoms with Crippen LogP contribution in [0.4, 0.5) is 5.69 Å². The van der Waals surface area contributed by atoms with Gasteiger partial charge in [-0.1, -0.05) is 12.1 Å². The van der Waals surface area contributed by atoms with E-state index in [4.69, 9.17) is 5.73 Å². The van der Waals surface area contributed by atoms with Gasteiger partial charge in [0.25, 0.3) is 0 Å². The molecule has 25 heavy (non-hydrogen) atoms. The molecule has 2 heterocycles. The number of aryl methyl sites for hydroxylation is 1. The molecule has 0 bridgehead atoms. The summed E-state index contributed by atoms with van der Waals surface area (Å²) in [7, 11) is 0. The van der Waals surface area contributed by atoms with Crippen LogP contribution in [-0.2, 0) is 17.8 Å². The zero-order chi connectivity index (χ0) is 16.2. The van der Waals surface area contributed by atoms with Gasteiger partial charge in [0.15, 0.2) is 0 Å². The fourth-order valence-electron chi connectivity index (χ4n) is 3.15. The molecule has 0 spiro atoms. The smallest absolute Gasteiger partial charge is 0.226 e. The second kappa shape index (κ2) is 9.68. The van der Waals surface area contributed by atoms with Crippen LogP contribution in [0.25, 0.3) is 0 Å². The fraction of sp³-hybridized carbons (Fsp3) is 0.444.